The first-order valence-electron chi connectivity index (χ1n) is 6.55. The Morgan fingerprint density at radius 2 is 2.10 bits per heavy atom. The maximum atomic E-state index is 12.6. The molecule has 0 bridgehead atoms. The fraction of sp³-hybridized carbons (Fsp3) is 0.429. The molecule has 1 fully saturated rings. The third-order valence-electron chi connectivity index (χ3n) is 3.86. The summed E-state index contributed by atoms with van der Waals surface area (Å²) in [7, 11) is 0. The predicted molar refractivity (Wildman–Crippen MR) is 79.1 cm³/mol. The van der Waals surface area contributed by atoms with Gasteiger partial charge in [0.1, 0.15) is 5.41 Å². The van der Waals surface area contributed by atoms with Gasteiger partial charge in [-0.3, -0.25) is 4.79 Å². The van der Waals surface area contributed by atoms with E-state index in [2.05, 4.69) is 10.5 Å². The van der Waals surface area contributed by atoms with E-state index >= 15 is 0 Å². The molecule has 0 saturated heterocycles. The minimum absolute atomic E-state index is 0.0312. The second kappa shape index (κ2) is 5.71. The van der Waals surface area contributed by atoms with E-state index in [1.807, 2.05) is 13.0 Å². The number of amides is 1. The number of hydrogen-bond acceptors (Lipinski definition) is 3. The summed E-state index contributed by atoms with van der Waals surface area (Å²) >= 11 is 6.08. The number of nitrogens with zero attached hydrogens (tertiary/aromatic N) is 1. The normalized spacial score (nSPS) is 18.0. The Balaban J connectivity index is 2.28. The van der Waals surface area contributed by atoms with Crippen LogP contribution in [0.4, 0.5) is 5.69 Å². The number of carbonyl (C=O) groups is 1. The Hall–Kier alpha value is -1.75. The molecule has 4 N–H and O–H groups in total. The van der Waals surface area contributed by atoms with Gasteiger partial charge in [-0.15, -0.1) is 0 Å². The highest BCUT2D eigenvalue weighted by Gasteiger charge is 2.45. The Morgan fingerprint density at radius 3 is 2.70 bits per heavy atom. The average molecular weight is 296 g/mol. The number of anilines is 1. The number of hydrogen-bond donors (Lipinski definition) is 3. The molecule has 1 aliphatic rings. The van der Waals surface area contributed by atoms with Crippen LogP contribution in [0.3, 0.4) is 0 Å². The van der Waals surface area contributed by atoms with Gasteiger partial charge in [0.15, 0.2) is 5.84 Å². The molecule has 1 aliphatic carbocycles. The van der Waals surface area contributed by atoms with Crippen LogP contribution in [0, 0.1) is 12.3 Å². The van der Waals surface area contributed by atoms with E-state index in [0.717, 1.165) is 18.4 Å². The van der Waals surface area contributed by atoms with Gasteiger partial charge < -0.3 is 16.3 Å². The van der Waals surface area contributed by atoms with Crippen LogP contribution in [0.15, 0.2) is 23.4 Å². The topological polar surface area (TPSA) is 87.7 Å². The summed E-state index contributed by atoms with van der Waals surface area (Å²) in [6.07, 6.45) is 2.92. The first kappa shape index (κ1) is 14.7. The zero-order valence-corrected chi connectivity index (χ0v) is 12.1. The number of nitrogens with one attached hydrogen (secondary N) is 1. The summed E-state index contributed by atoms with van der Waals surface area (Å²) in [4.78, 5) is 12.6. The van der Waals surface area contributed by atoms with E-state index in [0.29, 0.717) is 23.6 Å². The molecule has 2 rings (SSSR count). The summed E-state index contributed by atoms with van der Waals surface area (Å²) in [6, 6.07) is 5.40. The molecule has 108 valence electrons. The molecule has 1 amide bonds. The van der Waals surface area contributed by atoms with Crippen molar-refractivity contribution in [2.75, 3.05) is 5.32 Å². The third kappa shape index (κ3) is 2.58. The smallest absolute Gasteiger partial charge is 0.238 e. The van der Waals surface area contributed by atoms with Crippen molar-refractivity contribution in [1.82, 2.24) is 0 Å². The molecular formula is C14H18ClN3O2. The first-order valence-corrected chi connectivity index (χ1v) is 6.93. The molecule has 1 saturated carbocycles. The van der Waals surface area contributed by atoms with Crippen LogP contribution in [-0.4, -0.2) is 17.0 Å². The molecular weight excluding hydrogens is 278 g/mol. The van der Waals surface area contributed by atoms with Gasteiger partial charge in [0.25, 0.3) is 0 Å². The molecule has 0 atom stereocenters. The lowest BCUT2D eigenvalue weighted by Crippen LogP contribution is -2.45. The van der Waals surface area contributed by atoms with Crippen molar-refractivity contribution in [1.29, 1.82) is 0 Å². The van der Waals surface area contributed by atoms with Crippen molar-refractivity contribution in [2.45, 2.75) is 32.6 Å². The molecule has 0 aromatic heterocycles. The fourth-order valence-electron chi connectivity index (χ4n) is 2.65. The Labute approximate surface area is 122 Å². The number of oxime groups is 1. The van der Waals surface area contributed by atoms with Gasteiger partial charge in [-0.25, -0.2) is 0 Å². The first-order chi connectivity index (χ1) is 9.49. The molecule has 6 heteroatoms. The van der Waals surface area contributed by atoms with Crippen LogP contribution in [0.25, 0.3) is 0 Å². The van der Waals surface area contributed by atoms with Crippen LogP contribution in [0.2, 0.25) is 5.02 Å². The van der Waals surface area contributed by atoms with Crippen molar-refractivity contribution >= 4 is 29.0 Å². The van der Waals surface area contributed by atoms with Crippen molar-refractivity contribution in [3.8, 4) is 0 Å². The Morgan fingerprint density at radius 1 is 1.45 bits per heavy atom. The number of amidine groups is 1. The SMILES string of the molecule is Cc1ccc(Cl)c(NC(=O)C2(/C(N)=N/O)CCCC2)c1. The largest absolute Gasteiger partial charge is 0.409 e. The number of nitrogens with two attached hydrogens (primary N) is 1. The monoisotopic (exact) mass is 295 g/mol. The van der Waals surface area contributed by atoms with E-state index in [1.165, 1.54) is 0 Å². The summed E-state index contributed by atoms with van der Waals surface area (Å²) in [5.41, 5.74) is 6.36. The molecule has 0 heterocycles. The molecule has 1 aromatic rings. The van der Waals surface area contributed by atoms with Gasteiger partial charge in [-0.2, -0.15) is 0 Å². The van der Waals surface area contributed by atoms with Crippen LogP contribution >= 0.6 is 11.6 Å². The quantitative estimate of drug-likeness (QED) is 0.347. The summed E-state index contributed by atoms with van der Waals surface area (Å²) in [5, 5.41) is 15.3. The van der Waals surface area contributed by atoms with Crippen LogP contribution in [0.1, 0.15) is 31.2 Å². The van der Waals surface area contributed by atoms with Crippen molar-refractivity contribution in [2.24, 2.45) is 16.3 Å². The van der Waals surface area contributed by atoms with Gasteiger partial charge in [-0.05, 0) is 37.5 Å². The maximum Gasteiger partial charge on any atom is 0.238 e. The fourth-order valence-corrected chi connectivity index (χ4v) is 2.82. The molecule has 5 nitrogen and oxygen atoms in total. The van der Waals surface area contributed by atoms with Gasteiger partial charge in [0.2, 0.25) is 5.91 Å². The van der Waals surface area contributed by atoms with Crippen molar-refractivity contribution < 1.29 is 10.0 Å². The van der Waals surface area contributed by atoms with Crippen LogP contribution in [0.5, 0.6) is 0 Å². The lowest BCUT2D eigenvalue weighted by molar-refractivity contribution is -0.122. The third-order valence-corrected chi connectivity index (χ3v) is 4.19. The van der Waals surface area contributed by atoms with Crippen molar-refractivity contribution in [3.05, 3.63) is 28.8 Å². The average Bonchev–Trinajstić information content (AvgIpc) is 2.92. The standard InChI is InChI=1S/C14H18ClN3O2/c1-9-4-5-10(15)11(8-9)17-13(19)14(12(16)18-20)6-2-3-7-14/h4-5,8,20H,2-3,6-7H2,1H3,(H2,16,18)(H,17,19). The van der Waals surface area contributed by atoms with Gasteiger partial charge in [0.05, 0.1) is 10.7 Å². The highest BCUT2D eigenvalue weighted by molar-refractivity contribution is 6.34. The minimum atomic E-state index is -0.929. The molecule has 0 aliphatic heterocycles. The summed E-state index contributed by atoms with van der Waals surface area (Å²) in [6.45, 7) is 1.92. The maximum absolute atomic E-state index is 12.6. The van der Waals surface area contributed by atoms with Gasteiger partial charge in [0, 0.05) is 0 Å². The zero-order chi connectivity index (χ0) is 14.8. The second-order valence-corrected chi connectivity index (χ2v) is 5.62. The Kier molecular flexibility index (Phi) is 4.18. The molecule has 20 heavy (non-hydrogen) atoms. The summed E-state index contributed by atoms with van der Waals surface area (Å²) in [5.74, 6) is -0.297. The van der Waals surface area contributed by atoms with E-state index in [4.69, 9.17) is 22.5 Å². The molecule has 1 aromatic carbocycles. The minimum Gasteiger partial charge on any atom is -0.409 e. The van der Waals surface area contributed by atoms with E-state index in [9.17, 15) is 4.79 Å². The van der Waals surface area contributed by atoms with Crippen LogP contribution < -0.4 is 11.1 Å². The lowest BCUT2D eigenvalue weighted by atomic mass is 9.83. The molecule has 0 unspecified atom stereocenters. The molecule has 0 radical (unpaired) electrons. The molecule has 0 spiro atoms. The highest BCUT2D eigenvalue weighted by Crippen LogP contribution is 2.40. The number of carbonyl (C=O) groups excluding carboxylic acids is 1. The summed E-state index contributed by atoms with van der Waals surface area (Å²) < 4.78 is 0. The number of rotatable bonds is 3. The number of aryl methyl sites for hydroxylation is 1. The lowest BCUT2D eigenvalue weighted by Gasteiger charge is -2.26. The predicted octanol–water partition coefficient (Wildman–Crippen LogP) is 2.89. The number of halogens is 1. The Bertz CT molecular complexity index is 551. The second-order valence-electron chi connectivity index (χ2n) is 5.21. The van der Waals surface area contributed by atoms with Gasteiger partial charge >= 0.3 is 0 Å². The van der Waals surface area contributed by atoms with Gasteiger partial charge in [-0.1, -0.05) is 35.7 Å². The highest BCUT2D eigenvalue weighted by atomic mass is 35.5. The van der Waals surface area contributed by atoms with Crippen molar-refractivity contribution in [3.63, 3.8) is 0 Å². The number of benzene rings is 1. The van der Waals surface area contributed by atoms with Crippen LogP contribution in [-0.2, 0) is 4.79 Å². The van der Waals surface area contributed by atoms with E-state index in [-0.39, 0.29) is 11.7 Å². The van der Waals surface area contributed by atoms with E-state index in [1.54, 1.807) is 12.1 Å². The van der Waals surface area contributed by atoms with E-state index < -0.39 is 5.41 Å². The zero-order valence-electron chi connectivity index (χ0n) is 11.3.